The molecule has 19 heavy (non-hydrogen) atoms. The van der Waals surface area contributed by atoms with Crippen molar-refractivity contribution in [2.45, 2.75) is 46.1 Å². The number of ether oxygens (including phenoxy) is 1. The minimum atomic E-state index is -0.197. The molecule has 1 aliphatic rings. The third-order valence-electron chi connectivity index (χ3n) is 3.19. The summed E-state index contributed by atoms with van der Waals surface area (Å²) < 4.78 is 4.95. The molecule has 4 nitrogen and oxygen atoms in total. The lowest BCUT2D eigenvalue weighted by molar-refractivity contribution is -0.142. The number of hydrogen-bond donors (Lipinski definition) is 0. The maximum absolute atomic E-state index is 11.4. The number of esters is 1. The van der Waals surface area contributed by atoms with Crippen LogP contribution >= 0.6 is 11.3 Å². The van der Waals surface area contributed by atoms with E-state index in [9.17, 15) is 4.79 Å². The molecule has 0 aliphatic heterocycles. The van der Waals surface area contributed by atoms with E-state index in [1.54, 1.807) is 11.3 Å². The minimum Gasteiger partial charge on any atom is -0.466 e. The van der Waals surface area contributed by atoms with Crippen molar-refractivity contribution in [2.75, 3.05) is 18.1 Å². The van der Waals surface area contributed by atoms with Gasteiger partial charge in [0.2, 0.25) is 0 Å². The molecule has 5 heteroatoms. The van der Waals surface area contributed by atoms with Gasteiger partial charge in [-0.1, -0.05) is 0 Å². The molecule has 0 saturated heterocycles. The van der Waals surface area contributed by atoms with Crippen LogP contribution in [0.4, 0.5) is 5.13 Å². The Hall–Kier alpha value is -1.10. The highest BCUT2D eigenvalue weighted by molar-refractivity contribution is 7.13. The summed E-state index contributed by atoms with van der Waals surface area (Å²) in [5, 5.41) is 3.00. The molecule has 0 atom stereocenters. The molecule has 106 valence electrons. The van der Waals surface area contributed by atoms with Gasteiger partial charge in [0.1, 0.15) is 0 Å². The monoisotopic (exact) mass is 282 g/mol. The molecular formula is C14H22N2O2S. The van der Waals surface area contributed by atoms with Gasteiger partial charge in [0.05, 0.1) is 18.7 Å². The smallest absolute Gasteiger partial charge is 0.311 e. The predicted octanol–water partition coefficient (Wildman–Crippen LogP) is 2.87. The minimum absolute atomic E-state index is 0.197. The average molecular weight is 282 g/mol. The summed E-state index contributed by atoms with van der Waals surface area (Å²) in [7, 11) is 0. The second kappa shape index (κ2) is 6.37. The Balaban J connectivity index is 1.98. The van der Waals surface area contributed by atoms with Crippen molar-refractivity contribution in [3.8, 4) is 0 Å². The van der Waals surface area contributed by atoms with E-state index in [1.165, 1.54) is 12.8 Å². The molecule has 1 aromatic rings. The van der Waals surface area contributed by atoms with Crippen molar-refractivity contribution in [2.24, 2.45) is 5.92 Å². The molecule has 0 radical (unpaired) electrons. The Bertz CT molecular complexity index is 427. The quantitative estimate of drug-likeness (QED) is 0.721. The summed E-state index contributed by atoms with van der Waals surface area (Å²) in [5.41, 5.74) is 0.819. The maximum Gasteiger partial charge on any atom is 0.311 e. The second-order valence-corrected chi connectivity index (χ2v) is 6.13. The van der Waals surface area contributed by atoms with Gasteiger partial charge in [-0.3, -0.25) is 4.79 Å². The molecule has 0 bridgehead atoms. The number of rotatable bonds is 7. The average Bonchev–Trinajstić information content (AvgIpc) is 3.06. The topological polar surface area (TPSA) is 42.4 Å². The summed E-state index contributed by atoms with van der Waals surface area (Å²) in [6.45, 7) is 7.71. The van der Waals surface area contributed by atoms with Crippen LogP contribution < -0.4 is 4.90 Å². The zero-order valence-electron chi connectivity index (χ0n) is 11.9. The molecular weight excluding hydrogens is 260 g/mol. The Morgan fingerprint density at radius 3 is 2.89 bits per heavy atom. The fourth-order valence-electron chi connectivity index (χ4n) is 1.96. The molecule has 1 aliphatic carbocycles. The molecule has 0 N–H and O–H groups in total. The van der Waals surface area contributed by atoms with Crippen molar-refractivity contribution in [3.05, 3.63) is 11.1 Å². The number of aromatic nitrogens is 1. The van der Waals surface area contributed by atoms with E-state index in [1.807, 2.05) is 12.3 Å². The van der Waals surface area contributed by atoms with Crippen LogP contribution in [0, 0.1) is 5.92 Å². The predicted molar refractivity (Wildman–Crippen MR) is 77.7 cm³/mol. The third kappa shape index (κ3) is 4.20. The van der Waals surface area contributed by atoms with Crippen LogP contribution in [0.1, 0.15) is 39.3 Å². The van der Waals surface area contributed by atoms with E-state index in [0.29, 0.717) is 12.6 Å². The largest absolute Gasteiger partial charge is 0.466 e. The summed E-state index contributed by atoms with van der Waals surface area (Å²) in [5.74, 6) is 0.637. The third-order valence-corrected chi connectivity index (χ3v) is 4.12. The van der Waals surface area contributed by atoms with E-state index in [-0.39, 0.29) is 12.4 Å². The Morgan fingerprint density at radius 1 is 1.58 bits per heavy atom. The van der Waals surface area contributed by atoms with E-state index < -0.39 is 0 Å². The summed E-state index contributed by atoms with van der Waals surface area (Å²) in [4.78, 5) is 18.4. The zero-order valence-corrected chi connectivity index (χ0v) is 12.7. The van der Waals surface area contributed by atoms with E-state index in [2.05, 4.69) is 23.7 Å². The van der Waals surface area contributed by atoms with Crippen LogP contribution in [-0.2, 0) is 16.0 Å². The molecule has 2 rings (SSSR count). The number of carbonyl (C=O) groups is 1. The lowest BCUT2D eigenvalue weighted by Gasteiger charge is -2.26. The van der Waals surface area contributed by atoms with Crippen LogP contribution in [0.2, 0.25) is 0 Å². The van der Waals surface area contributed by atoms with Crippen molar-refractivity contribution < 1.29 is 9.53 Å². The van der Waals surface area contributed by atoms with E-state index in [4.69, 9.17) is 4.74 Å². The molecule has 0 aromatic carbocycles. The first-order valence-corrected chi connectivity index (χ1v) is 7.84. The van der Waals surface area contributed by atoms with E-state index >= 15 is 0 Å². The van der Waals surface area contributed by atoms with Gasteiger partial charge in [-0.15, -0.1) is 11.3 Å². The Kier molecular flexibility index (Phi) is 4.80. The SMILES string of the molecule is CCOC(=O)Cc1csc(N(CC2CC2)C(C)C)n1. The van der Waals surface area contributed by atoms with Gasteiger partial charge < -0.3 is 9.64 Å². The number of nitrogens with zero attached hydrogens (tertiary/aromatic N) is 2. The van der Waals surface area contributed by atoms with Gasteiger partial charge >= 0.3 is 5.97 Å². The van der Waals surface area contributed by atoms with Crippen LogP contribution in [0.15, 0.2) is 5.38 Å². The fraction of sp³-hybridized carbons (Fsp3) is 0.714. The molecule has 0 amide bonds. The number of hydrogen-bond acceptors (Lipinski definition) is 5. The van der Waals surface area contributed by atoms with Crippen LogP contribution in [0.3, 0.4) is 0 Å². The van der Waals surface area contributed by atoms with Gasteiger partial charge in [0.25, 0.3) is 0 Å². The normalized spacial score (nSPS) is 14.7. The van der Waals surface area contributed by atoms with Gasteiger partial charge in [0.15, 0.2) is 5.13 Å². The lowest BCUT2D eigenvalue weighted by atomic mass is 10.3. The zero-order chi connectivity index (χ0) is 13.8. The Labute approximate surface area is 118 Å². The highest BCUT2D eigenvalue weighted by atomic mass is 32.1. The first-order chi connectivity index (χ1) is 9.10. The summed E-state index contributed by atoms with van der Waals surface area (Å²) >= 11 is 1.62. The van der Waals surface area contributed by atoms with E-state index in [0.717, 1.165) is 23.3 Å². The van der Waals surface area contributed by atoms with Gasteiger partial charge in [-0.25, -0.2) is 4.98 Å². The van der Waals surface area contributed by atoms with Crippen LogP contribution in [0.5, 0.6) is 0 Å². The first-order valence-electron chi connectivity index (χ1n) is 6.96. The number of thiazole rings is 1. The molecule has 1 heterocycles. The lowest BCUT2D eigenvalue weighted by Crippen LogP contribution is -2.32. The maximum atomic E-state index is 11.4. The van der Waals surface area contributed by atoms with Gasteiger partial charge in [-0.05, 0) is 39.5 Å². The van der Waals surface area contributed by atoms with Crippen molar-refractivity contribution >= 4 is 22.4 Å². The molecule has 0 unspecified atom stereocenters. The first kappa shape index (κ1) is 14.3. The summed E-state index contributed by atoms with van der Waals surface area (Å²) in [6.07, 6.45) is 2.95. The fourth-order valence-corrected chi connectivity index (χ4v) is 2.93. The van der Waals surface area contributed by atoms with Crippen molar-refractivity contribution in [1.29, 1.82) is 0 Å². The van der Waals surface area contributed by atoms with Crippen LogP contribution in [0.25, 0.3) is 0 Å². The van der Waals surface area contributed by atoms with Crippen molar-refractivity contribution in [3.63, 3.8) is 0 Å². The molecule has 1 saturated carbocycles. The number of carbonyl (C=O) groups excluding carboxylic acids is 1. The van der Waals surface area contributed by atoms with Crippen LogP contribution in [-0.4, -0.2) is 30.1 Å². The Morgan fingerprint density at radius 2 is 2.32 bits per heavy atom. The van der Waals surface area contributed by atoms with Crippen molar-refractivity contribution in [1.82, 2.24) is 4.98 Å². The number of anilines is 1. The summed E-state index contributed by atoms with van der Waals surface area (Å²) in [6, 6.07) is 0.446. The molecule has 1 aromatic heterocycles. The standard InChI is InChI=1S/C14H22N2O2S/c1-4-18-13(17)7-12-9-19-14(15-12)16(10(2)3)8-11-5-6-11/h9-11H,4-8H2,1-3H3. The highest BCUT2D eigenvalue weighted by Crippen LogP contribution is 2.33. The van der Waals surface area contributed by atoms with Gasteiger partial charge in [0, 0.05) is 18.0 Å². The molecule has 1 fully saturated rings. The molecule has 0 spiro atoms. The highest BCUT2D eigenvalue weighted by Gasteiger charge is 2.27. The second-order valence-electron chi connectivity index (χ2n) is 5.29. The van der Waals surface area contributed by atoms with Gasteiger partial charge in [-0.2, -0.15) is 0 Å².